The molecule has 1 aliphatic heterocycles. The van der Waals surface area contributed by atoms with E-state index < -0.39 is 0 Å². The minimum absolute atomic E-state index is 0.208. The molecule has 2 heterocycles. The van der Waals surface area contributed by atoms with Gasteiger partial charge in [0.15, 0.2) is 0 Å². The Bertz CT molecular complexity index is 465. The zero-order valence-electron chi connectivity index (χ0n) is 12.1. The van der Waals surface area contributed by atoms with Crippen LogP contribution in [0.25, 0.3) is 0 Å². The van der Waals surface area contributed by atoms with E-state index in [1.165, 1.54) is 21.8 Å². The number of carbonyl (C=O) groups excluding carboxylic acids is 1. The lowest BCUT2D eigenvalue weighted by Crippen LogP contribution is -2.36. The fourth-order valence-electron chi connectivity index (χ4n) is 2.69. The molecule has 6 heteroatoms. The molecule has 1 atom stereocenters. The number of rotatable bonds is 4. The van der Waals surface area contributed by atoms with Gasteiger partial charge in [-0.2, -0.15) is 0 Å². The summed E-state index contributed by atoms with van der Waals surface area (Å²) < 4.78 is 0. The number of nitrogens with two attached hydrogens (primary N) is 1. The zero-order valence-corrected chi connectivity index (χ0v) is 12.9. The molecule has 1 aliphatic rings. The van der Waals surface area contributed by atoms with E-state index in [9.17, 15) is 9.90 Å². The number of amides is 1. The Labute approximate surface area is 123 Å². The molecule has 0 bridgehead atoms. The van der Waals surface area contributed by atoms with Crippen LogP contribution in [-0.4, -0.2) is 35.1 Å². The van der Waals surface area contributed by atoms with Crippen molar-refractivity contribution in [1.82, 2.24) is 10.3 Å². The lowest BCUT2D eigenvalue weighted by Gasteiger charge is -2.33. The Morgan fingerprint density at radius 2 is 2.25 bits per heavy atom. The van der Waals surface area contributed by atoms with E-state index in [0.29, 0.717) is 10.8 Å². The fraction of sp³-hybridized carbons (Fsp3) is 0.643. The SMILES string of the molecule is Cc1sc(C(=O)NN)cc1CN1CCC(C(C)O)CC1. The van der Waals surface area contributed by atoms with Gasteiger partial charge in [0, 0.05) is 11.4 Å². The number of nitrogens with one attached hydrogen (secondary N) is 1. The molecular weight excluding hydrogens is 274 g/mol. The van der Waals surface area contributed by atoms with Crippen molar-refractivity contribution >= 4 is 17.2 Å². The van der Waals surface area contributed by atoms with Gasteiger partial charge in [0.1, 0.15) is 0 Å². The van der Waals surface area contributed by atoms with Crippen molar-refractivity contribution in [3.8, 4) is 0 Å². The van der Waals surface area contributed by atoms with Gasteiger partial charge in [-0.1, -0.05) is 0 Å². The number of nitrogens with zero attached hydrogens (tertiary/aromatic N) is 1. The van der Waals surface area contributed by atoms with Gasteiger partial charge in [0.25, 0.3) is 5.91 Å². The summed E-state index contributed by atoms with van der Waals surface area (Å²) >= 11 is 1.48. The van der Waals surface area contributed by atoms with Crippen LogP contribution in [0.3, 0.4) is 0 Å². The Balaban J connectivity index is 1.94. The summed E-state index contributed by atoms with van der Waals surface area (Å²) in [7, 11) is 0. The molecule has 1 amide bonds. The first-order valence-electron chi connectivity index (χ1n) is 7.02. The number of hydrogen-bond donors (Lipinski definition) is 3. The largest absolute Gasteiger partial charge is 0.393 e. The number of thiophene rings is 1. The van der Waals surface area contributed by atoms with E-state index in [4.69, 9.17) is 5.84 Å². The molecule has 1 aromatic rings. The number of carbonyl (C=O) groups is 1. The van der Waals surface area contributed by atoms with E-state index in [-0.39, 0.29) is 12.0 Å². The second-order valence-corrected chi connectivity index (χ2v) is 6.78. The summed E-state index contributed by atoms with van der Waals surface area (Å²) in [6.07, 6.45) is 1.87. The molecule has 20 heavy (non-hydrogen) atoms. The number of hydrogen-bond acceptors (Lipinski definition) is 5. The molecule has 5 nitrogen and oxygen atoms in total. The Hall–Kier alpha value is -0.950. The standard InChI is InChI=1S/C14H23N3O2S/c1-9(18)11-3-5-17(6-4-11)8-12-7-13(14(19)16-15)20-10(12)2/h7,9,11,18H,3-6,8,15H2,1-2H3,(H,16,19). The van der Waals surface area contributed by atoms with Crippen LogP contribution >= 0.6 is 11.3 Å². The topological polar surface area (TPSA) is 78.6 Å². The first kappa shape index (κ1) is 15.4. The predicted octanol–water partition coefficient (Wildman–Crippen LogP) is 1.25. The lowest BCUT2D eigenvalue weighted by atomic mass is 9.92. The minimum atomic E-state index is -0.225. The van der Waals surface area contributed by atoms with Crippen molar-refractivity contribution in [2.45, 2.75) is 39.3 Å². The van der Waals surface area contributed by atoms with Gasteiger partial charge in [-0.05, 0) is 57.3 Å². The van der Waals surface area contributed by atoms with Crippen LogP contribution in [0.5, 0.6) is 0 Å². The van der Waals surface area contributed by atoms with Crippen LogP contribution in [0.1, 0.15) is 39.9 Å². The molecule has 0 saturated carbocycles. The summed E-state index contributed by atoms with van der Waals surface area (Å²) in [6, 6.07) is 1.93. The van der Waals surface area contributed by atoms with E-state index in [1.807, 2.05) is 19.9 Å². The van der Waals surface area contributed by atoms with Crippen molar-refractivity contribution in [2.75, 3.05) is 13.1 Å². The maximum absolute atomic E-state index is 11.5. The fourth-order valence-corrected chi connectivity index (χ4v) is 3.63. The Morgan fingerprint density at radius 3 is 2.80 bits per heavy atom. The van der Waals surface area contributed by atoms with Gasteiger partial charge in [-0.3, -0.25) is 15.1 Å². The number of piperidine rings is 1. The van der Waals surface area contributed by atoms with Crippen molar-refractivity contribution in [3.05, 3.63) is 21.4 Å². The molecule has 4 N–H and O–H groups in total. The molecule has 112 valence electrons. The average molecular weight is 297 g/mol. The highest BCUT2D eigenvalue weighted by atomic mass is 32.1. The lowest BCUT2D eigenvalue weighted by molar-refractivity contribution is 0.0695. The second-order valence-electron chi connectivity index (χ2n) is 5.52. The minimum Gasteiger partial charge on any atom is -0.393 e. The monoisotopic (exact) mass is 297 g/mol. The molecule has 1 aromatic heterocycles. The van der Waals surface area contributed by atoms with Gasteiger partial charge in [-0.15, -0.1) is 11.3 Å². The average Bonchev–Trinajstić information content (AvgIpc) is 2.80. The first-order chi connectivity index (χ1) is 9.51. The summed E-state index contributed by atoms with van der Waals surface area (Å²) in [4.78, 5) is 15.7. The molecule has 0 aromatic carbocycles. The van der Waals surface area contributed by atoms with Crippen molar-refractivity contribution in [1.29, 1.82) is 0 Å². The number of aryl methyl sites for hydroxylation is 1. The van der Waals surface area contributed by atoms with Gasteiger partial charge in [0.05, 0.1) is 11.0 Å². The quantitative estimate of drug-likeness (QED) is 0.444. The van der Waals surface area contributed by atoms with Crippen LogP contribution in [0.4, 0.5) is 0 Å². The van der Waals surface area contributed by atoms with Gasteiger partial charge in [0.2, 0.25) is 0 Å². The van der Waals surface area contributed by atoms with Crippen molar-refractivity contribution in [3.63, 3.8) is 0 Å². The second kappa shape index (κ2) is 6.67. The van der Waals surface area contributed by atoms with Crippen molar-refractivity contribution in [2.24, 2.45) is 11.8 Å². The van der Waals surface area contributed by atoms with Gasteiger partial charge >= 0.3 is 0 Å². The van der Waals surface area contributed by atoms with Crippen LogP contribution in [0.2, 0.25) is 0 Å². The Morgan fingerprint density at radius 1 is 1.60 bits per heavy atom. The molecule has 1 unspecified atom stereocenters. The molecule has 0 radical (unpaired) electrons. The first-order valence-corrected chi connectivity index (χ1v) is 7.83. The van der Waals surface area contributed by atoms with Crippen LogP contribution in [-0.2, 0) is 6.54 Å². The highest BCUT2D eigenvalue weighted by Gasteiger charge is 2.23. The van der Waals surface area contributed by atoms with Crippen LogP contribution < -0.4 is 11.3 Å². The van der Waals surface area contributed by atoms with E-state index in [1.54, 1.807) is 0 Å². The normalized spacial score (nSPS) is 19.0. The number of aliphatic hydroxyl groups is 1. The third kappa shape index (κ3) is 3.58. The molecular formula is C14H23N3O2S. The third-order valence-electron chi connectivity index (χ3n) is 4.08. The molecule has 2 rings (SSSR count). The van der Waals surface area contributed by atoms with Gasteiger partial charge < -0.3 is 5.11 Å². The Kier molecular flexibility index (Phi) is 5.15. The molecule has 1 saturated heterocycles. The molecule has 0 aliphatic carbocycles. The van der Waals surface area contributed by atoms with E-state index >= 15 is 0 Å². The van der Waals surface area contributed by atoms with E-state index in [2.05, 4.69) is 10.3 Å². The maximum atomic E-state index is 11.5. The smallest absolute Gasteiger partial charge is 0.275 e. The van der Waals surface area contributed by atoms with Crippen LogP contribution in [0.15, 0.2) is 6.07 Å². The van der Waals surface area contributed by atoms with Crippen LogP contribution in [0, 0.1) is 12.8 Å². The highest BCUT2D eigenvalue weighted by molar-refractivity contribution is 7.14. The maximum Gasteiger partial charge on any atom is 0.275 e. The number of nitrogen functional groups attached to an aromatic ring is 1. The van der Waals surface area contributed by atoms with E-state index in [0.717, 1.165) is 32.5 Å². The third-order valence-corrected chi connectivity index (χ3v) is 5.18. The summed E-state index contributed by atoms with van der Waals surface area (Å²) in [5, 5.41) is 9.62. The summed E-state index contributed by atoms with van der Waals surface area (Å²) in [5.41, 5.74) is 3.37. The molecule has 1 fully saturated rings. The highest BCUT2D eigenvalue weighted by Crippen LogP contribution is 2.26. The number of likely N-dealkylation sites (tertiary alicyclic amines) is 1. The summed E-state index contributed by atoms with van der Waals surface area (Å²) in [6.45, 7) is 6.79. The number of hydrazine groups is 1. The summed E-state index contributed by atoms with van der Waals surface area (Å²) in [5.74, 6) is 5.36. The molecule has 0 spiro atoms. The van der Waals surface area contributed by atoms with Gasteiger partial charge in [-0.25, -0.2) is 5.84 Å². The number of aliphatic hydroxyl groups excluding tert-OH is 1. The van der Waals surface area contributed by atoms with Crippen molar-refractivity contribution < 1.29 is 9.90 Å². The zero-order chi connectivity index (χ0) is 14.7. The predicted molar refractivity (Wildman–Crippen MR) is 80.4 cm³/mol.